The highest BCUT2D eigenvalue weighted by molar-refractivity contribution is 5.75. The molecular formula is C19H30N2O. The molecule has 0 aromatic heterocycles. The molecule has 1 amide bonds. The van der Waals surface area contributed by atoms with Crippen LogP contribution >= 0.6 is 0 Å². The molecule has 1 aromatic rings. The Labute approximate surface area is 135 Å². The second-order valence-electron chi connectivity index (χ2n) is 6.61. The van der Waals surface area contributed by atoms with E-state index in [1.807, 2.05) is 0 Å². The quantitative estimate of drug-likeness (QED) is 0.784. The third-order valence-corrected chi connectivity index (χ3v) is 4.71. The van der Waals surface area contributed by atoms with Gasteiger partial charge in [0.05, 0.1) is 0 Å². The Morgan fingerprint density at radius 2 is 2.05 bits per heavy atom. The lowest BCUT2D eigenvalue weighted by Crippen LogP contribution is -2.37. The maximum atomic E-state index is 11.9. The molecule has 0 aliphatic carbocycles. The van der Waals surface area contributed by atoms with Gasteiger partial charge in [-0.05, 0) is 58.2 Å². The molecule has 1 saturated heterocycles. The number of carbonyl (C=O) groups excluding carboxylic acids is 1. The van der Waals surface area contributed by atoms with Gasteiger partial charge >= 0.3 is 0 Å². The maximum Gasteiger partial charge on any atom is 0.220 e. The Bertz CT molecular complexity index is 455. The summed E-state index contributed by atoms with van der Waals surface area (Å²) in [6.07, 6.45) is 7.58. The molecule has 3 nitrogen and oxygen atoms in total. The van der Waals surface area contributed by atoms with Crippen molar-refractivity contribution in [1.82, 2.24) is 10.2 Å². The van der Waals surface area contributed by atoms with Crippen molar-refractivity contribution in [3.05, 3.63) is 35.4 Å². The van der Waals surface area contributed by atoms with Gasteiger partial charge in [-0.1, -0.05) is 36.2 Å². The third-order valence-electron chi connectivity index (χ3n) is 4.71. The fourth-order valence-corrected chi connectivity index (χ4v) is 3.17. The van der Waals surface area contributed by atoms with E-state index in [9.17, 15) is 4.79 Å². The predicted molar refractivity (Wildman–Crippen MR) is 92.0 cm³/mol. The van der Waals surface area contributed by atoms with Crippen molar-refractivity contribution in [2.24, 2.45) is 0 Å². The molecule has 22 heavy (non-hydrogen) atoms. The van der Waals surface area contributed by atoms with E-state index in [1.54, 1.807) is 0 Å². The number of nitrogens with zero attached hydrogens (tertiary/aromatic N) is 1. The van der Waals surface area contributed by atoms with Crippen LogP contribution in [0.5, 0.6) is 0 Å². The van der Waals surface area contributed by atoms with Gasteiger partial charge in [0.15, 0.2) is 0 Å². The number of rotatable bonds is 7. The van der Waals surface area contributed by atoms with E-state index >= 15 is 0 Å². The van der Waals surface area contributed by atoms with E-state index in [0.717, 1.165) is 25.8 Å². The van der Waals surface area contributed by atoms with Crippen molar-refractivity contribution in [2.75, 3.05) is 20.1 Å². The van der Waals surface area contributed by atoms with Crippen LogP contribution in [-0.4, -0.2) is 37.0 Å². The zero-order chi connectivity index (χ0) is 15.8. The van der Waals surface area contributed by atoms with Crippen molar-refractivity contribution in [2.45, 2.75) is 57.9 Å². The molecule has 0 saturated carbocycles. The average molecular weight is 302 g/mol. The standard InChI is InChI=1S/C19H30N2O/c1-16-8-10-17(11-9-16)6-5-14-20-19(22)13-12-18-7-3-4-15-21(18)2/h8-11,18H,3-7,12-15H2,1-2H3,(H,20,22)/t18-/m0/s1. The molecule has 1 atom stereocenters. The van der Waals surface area contributed by atoms with Crippen LogP contribution < -0.4 is 5.32 Å². The fraction of sp³-hybridized carbons (Fsp3) is 0.632. The Morgan fingerprint density at radius 3 is 2.77 bits per heavy atom. The second kappa shape index (κ2) is 8.94. The monoisotopic (exact) mass is 302 g/mol. The number of carbonyl (C=O) groups is 1. The minimum absolute atomic E-state index is 0.211. The number of hydrogen-bond acceptors (Lipinski definition) is 2. The molecule has 0 unspecified atom stereocenters. The van der Waals surface area contributed by atoms with Crippen LogP contribution in [0.3, 0.4) is 0 Å². The van der Waals surface area contributed by atoms with Crippen LogP contribution in [0.4, 0.5) is 0 Å². The van der Waals surface area contributed by atoms with E-state index in [4.69, 9.17) is 0 Å². The summed E-state index contributed by atoms with van der Waals surface area (Å²) in [5, 5.41) is 3.06. The first-order valence-corrected chi connectivity index (χ1v) is 8.67. The van der Waals surface area contributed by atoms with Crippen molar-refractivity contribution in [3.63, 3.8) is 0 Å². The molecule has 0 radical (unpaired) electrons. The van der Waals surface area contributed by atoms with Crippen LogP contribution in [0.2, 0.25) is 0 Å². The van der Waals surface area contributed by atoms with Gasteiger partial charge in [-0.15, -0.1) is 0 Å². The minimum Gasteiger partial charge on any atom is -0.356 e. The smallest absolute Gasteiger partial charge is 0.220 e. The van der Waals surface area contributed by atoms with Gasteiger partial charge in [-0.3, -0.25) is 4.79 Å². The summed E-state index contributed by atoms with van der Waals surface area (Å²) < 4.78 is 0. The van der Waals surface area contributed by atoms with Crippen molar-refractivity contribution < 1.29 is 4.79 Å². The molecule has 2 rings (SSSR count). The van der Waals surface area contributed by atoms with E-state index in [-0.39, 0.29) is 5.91 Å². The van der Waals surface area contributed by atoms with Crippen LogP contribution in [0.25, 0.3) is 0 Å². The first-order valence-electron chi connectivity index (χ1n) is 8.67. The lowest BCUT2D eigenvalue weighted by molar-refractivity contribution is -0.121. The van der Waals surface area contributed by atoms with E-state index in [1.165, 1.54) is 36.9 Å². The molecule has 0 bridgehead atoms. The Hall–Kier alpha value is -1.35. The number of aryl methyl sites for hydroxylation is 2. The summed E-state index contributed by atoms with van der Waals surface area (Å²) in [5.74, 6) is 0.211. The van der Waals surface area contributed by atoms with Crippen LogP contribution in [0.1, 0.15) is 49.7 Å². The first-order chi connectivity index (χ1) is 10.6. The van der Waals surface area contributed by atoms with Crippen LogP contribution in [0, 0.1) is 6.92 Å². The third kappa shape index (κ3) is 5.80. The Morgan fingerprint density at radius 1 is 1.27 bits per heavy atom. The number of amides is 1. The molecule has 1 aromatic carbocycles. The van der Waals surface area contributed by atoms with Gasteiger partial charge in [0, 0.05) is 19.0 Å². The molecule has 1 aliphatic rings. The highest BCUT2D eigenvalue weighted by atomic mass is 16.1. The zero-order valence-corrected chi connectivity index (χ0v) is 14.1. The largest absolute Gasteiger partial charge is 0.356 e. The van der Waals surface area contributed by atoms with Gasteiger partial charge in [0.2, 0.25) is 5.91 Å². The number of piperidine rings is 1. The Kier molecular flexibility index (Phi) is 6.91. The summed E-state index contributed by atoms with van der Waals surface area (Å²) in [6.45, 7) is 4.07. The normalized spacial score (nSPS) is 19.1. The summed E-state index contributed by atoms with van der Waals surface area (Å²) in [4.78, 5) is 14.3. The lowest BCUT2D eigenvalue weighted by atomic mass is 9.98. The van der Waals surface area contributed by atoms with Gasteiger partial charge in [0.1, 0.15) is 0 Å². The summed E-state index contributed by atoms with van der Waals surface area (Å²) >= 11 is 0. The second-order valence-corrected chi connectivity index (χ2v) is 6.61. The van der Waals surface area contributed by atoms with Crippen molar-refractivity contribution in [1.29, 1.82) is 0 Å². The lowest BCUT2D eigenvalue weighted by Gasteiger charge is -2.32. The van der Waals surface area contributed by atoms with Crippen LogP contribution in [0.15, 0.2) is 24.3 Å². The molecule has 3 heteroatoms. The van der Waals surface area contributed by atoms with Crippen LogP contribution in [-0.2, 0) is 11.2 Å². The van der Waals surface area contributed by atoms with Gasteiger partial charge in [-0.25, -0.2) is 0 Å². The van der Waals surface area contributed by atoms with E-state index < -0.39 is 0 Å². The number of benzene rings is 1. The predicted octanol–water partition coefficient (Wildman–Crippen LogP) is 3.31. The molecule has 0 spiro atoms. The summed E-state index contributed by atoms with van der Waals surface area (Å²) in [5.41, 5.74) is 2.65. The van der Waals surface area contributed by atoms with Gasteiger partial charge in [0.25, 0.3) is 0 Å². The molecule has 1 N–H and O–H groups in total. The molecule has 1 heterocycles. The fourth-order valence-electron chi connectivity index (χ4n) is 3.17. The molecule has 1 fully saturated rings. The van der Waals surface area contributed by atoms with E-state index in [0.29, 0.717) is 12.5 Å². The zero-order valence-electron chi connectivity index (χ0n) is 14.1. The number of hydrogen-bond donors (Lipinski definition) is 1. The topological polar surface area (TPSA) is 32.3 Å². The number of nitrogens with one attached hydrogen (secondary N) is 1. The highest BCUT2D eigenvalue weighted by Gasteiger charge is 2.19. The van der Waals surface area contributed by atoms with Crippen molar-refractivity contribution in [3.8, 4) is 0 Å². The number of likely N-dealkylation sites (tertiary alicyclic amines) is 1. The SMILES string of the molecule is Cc1ccc(CCCNC(=O)CC[C@@H]2CCCCN2C)cc1. The van der Waals surface area contributed by atoms with Gasteiger partial charge in [-0.2, -0.15) is 0 Å². The maximum absolute atomic E-state index is 11.9. The summed E-state index contributed by atoms with van der Waals surface area (Å²) in [7, 11) is 2.18. The first kappa shape index (κ1) is 17.0. The minimum atomic E-state index is 0.211. The summed E-state index contributed by atoms with van der Waals surface area (Å²) in [6, 6.07) is 9.25. The highest BCUT2D eigenvalue weighted by Crippen LogP contribution is 2.18. The molecule has 122 valence electrons. The molecule has 1 aliphatic heterocycles. The Balaban J connectivity index is 1.56. The average Bonchev–Trinajstić information content (AvgIpc) is 2.52. The van der Waals surface area contributed by atoms with Crippen molar-refractivity contribution >= 4 is 5.91 Å². The van der Waals surface area contributed by atoms with Gasteiger partial charge < -0.3 is 10.2 Å². The van der Waals surface area contributed by atoms with E-state index in [2.05, 4.69) is 48.5 Å². The molecular weight excluding hydrogens is 272 g/mol.